The molecule has 0 saturated carbocycles. The zero-order valence-corrected chi connectivity index (χ0v) is 14.0. The molecule has 23 heavy (non-hydrogen) atoms. The summed E-state index contributed by atoms with van der Waals surface area (Å²) in [6, 6.07) is 9.46. The van der Waals surface area contributed by atoms with Crippen LogP contribution in [0.1, 0.15) is 0 Å². The molecule has 0 bridgehead atoms. The molecule has 3 rings (SSSR count). The summed E-state index contributed by atoms with van der Waals surface area (Å²) in [4.78, 5) is 4.46. The van der Waals surface area contributed by atoms with Crippen molar-refractivity contribution in [2.75, 3.05) is 0 Å². The quantitative estimate of drug-likeness (QED) is 0.381. The van der Waals surface area contributed by atoms with E-state index in [1.54, 1.807) is 21.8 Å². The average Bonchev–Trinajstić information content (AvgIpc) is 3.23. The Labute approximate surface area is 153 Å². The summed E-state index contributed by atoms with van der Waals surface area (Å²) in [5.74, 6) is 1.55. The van der Waals surface area contributed by atoms with Crippen LogP contribution in [-0.4, -0.2) is 34.9 Å². The Morgan fingerprint density at radius 2 is 1.22 bits per heavy atom. The van der Waals surface area contributed by atoms with E-state index < -0.39 is 0 Å². The summed E-state index contributed by atoms with van der Waals surface area (Å²) >= 11 is 7.40. The number of nitrogens with zero attached hydrogens (tertiary/aromatic N) is 7. The second-order valence-corrected chi connectivity index (χ2v) is 3.80. The van der Waals surface area contributed by atoms with Crippen molar-refractivity contribution in [2.24, 2.45) is 0 Å². The summed E-state index contributed by atoms with van der Waals surface area (Å²) in [5, 5.41) is 25.2. The van der Waals surface area contributed by atoms with Crippen LogP contribution in [0.4, 0.5) is 0 Å². The van der Waals surface area contributed by atoms with E-state index in [4.69, 9.17) is 10.8 Å². The third kappa shape index (κ3) is 6.99. The van der Waals surface area contributed by atoms with Crippen LogP contribution in [-0.2, 0) is 17.1 Å². The van der Waals surface area contributed by atoms with Crippen LogP contribution in [0.3, 0.4) is 0 Å². The minimum Gasteiger partial charge on any atom is -0.753 e. The Morgan fingerprint density at radius 3 is 1.52 bits per heavy atom. The van der Waals surface area contributed by atoms with Gasteiger partial charge >= 0.3 is 17.1 Å². The van der Waals surface area contributed by atoms with Gasteiger partial charge in [-0.25, -0.2) is 14.3 Å². The standard InChI is InChI=1S/C11H9N5.2CNS.Cu/c1-4-10(15-8-2-6-12-15)14-11(5-1)16-9-3-7-13-16;2*2-1-3;/h1-9H;;;/q;2*-1;+2. The van der Waals surface area contributed by atoms with Crippen molar-refractivity contribution in [2.45, 2.75) is 0 Å². The molecule has 0 amide bonds. The van der Waals surface area contributed by atoms with Gasteiger partial charge in [0, 0.05) is 24.8 Å². The molecule has 0 fully saturated rings. The molecular formula is C13H9CuN7S2. The molecular weight excluding hydrogens is 382 g/mol. The fraction of sp³-hybridized carbons (Fsp3) is 0. The Bertz CT molecular complexity index is 683. The molecule has 0 saturated heterocycles. The van der Waals surface area contributed by atoms with Crippen molar-refractivity contribution >= 4 is 34.8 Å². The summed E-state index contributed by atoms with van der Waals surface area (Å²) < 4.78 is 3.43. The second-order valence-electron chi connectivity index (χ2n) is 3.44. The molecule has 0 spiro atoms. The largest absolute Gasteiger partial charge is 2.00 e. The van der Waals surface area contributed by atoms with Crippen molar-refractivity contribution in [1.82, 2.24) is 24.5 Å². The van der Waals surface area contributed by atoms with Gasteiger partial charge in [-0.1, -0.05) is 30.5 Å². The minimum absolute atomic E-state index is 0. The summed E-state index contributed by atoms with van der Waals surface area (Å²) in [6.45, 7) is 0. The van der Waals surface area contributed by atoms with E-state index in [0.717, 1.165) is 11.6 Å². The predicted molar refractivity (Wildman–Crippen MR) is 90.4 cm³/mol. The van der Waals surface area contributed by atoms with Gasteiger partial charge in [-0.15, -0.1) is 0 Å². The first-order chi connectivity index (χ1) is 10.8. The Kier molecular flexibility index (Phi) is 11.0. The Hall–Kier alpha value is -2.31. The first kappa shape index (κ1) is 20.7. The van der Waals surface area contributed by atoms with Gasteiger partial charge in [-0.05, 0) is 24.3 Å². The number of hydrogen-bond donors (Lipinski definition) is 0. The number of hydrogen-bond acceptors (Lipinski definition) is 5. The van der Waals surface area contributed by atoms with E-state index in [2.05, 4.69) is 39.6 Å². The molecule has 0 aliphatic heterocycles. The topological polar surface area (TPSA) is 93.1 Å². The fourth-order valence-electron chi connectivity index (χ4n) is 1.48. The van der Waals surface area contributed by atoms with Crippen LogP contribution in [0.5, 0.6) is 0 Å². The van der Waals surface area contributed by atoms with Gasteiger partial charge in [-0.3, -0.25) is 0 Å². The van der Waals surface area contributed by atoms with Gasteiger partial charge in [0.25, 0.3) is 0 Å². The molecule has 7 nitrogen and oxygen atoms in total. The van der Waals surface area contributed by atoms with E-state index in [0.29, 0.717) is 0 Å². The molecule has 0 aromatic carbocycles. The molecule has 3 aromatic rings. The number of isothiocyanates is 2. The maximum atomic E-state index is 7.13. The molecule has 0 aliphatic rings. The zero-order valence-electron chi connectivity index (χ0n) is 11.4. The van der Waals surface area contributed by atoms with E-state index in [1.165, 1.54) is 10.3 Å². The Morgan fingerprint density at radius 1 is 0.826 bits per heavy atom. The van der Waals surface area contributed by atoms with Crippen molar-refractivity contribution in [3.63, 3.8) is 0 Å². The van der Waals surface area contributed by atoms with Gasteiger partial charge < -0.3 is 10.8 Å². The molecule has 0 atom stereocenters. The maximum absolute atomic E-state index is 7.13. The van der Waals surface area contributed by atoms with Crippen LogP contribution < -0.4 is 0 Å². The average molecular weight is 391 g/mol. The third-order valence-electron chi connectivity index (χ3n) is 2.20. The van der Waals surface area contributed by atoms with Crippen LogP contribution in [0, 0.1) is 0 Å². The van der Waals surface area contributed by atoms with E-state index in [-0.39, 0.29) is 17.1 Å². The van der Waals surface area contributed by atoms with Crippen LogP contribution >= 0.6 is 24.4 Å². The third-order valence-corrected chi connectivity index (χ3v) is 2.20. The van der Waals surface area contributed by atoms with E-state index in [1.807, 2.05) is 42.7 Å². The monoisotopic (exact) mass is 390 g/mol. The maximum Gasteiger partial charge on any atom is 2.00 e. The first-order valence-electron chi connectivity index (χ1n) is 5.76. The summed E-state index contributed by atoms with van der Waals surface area (Å²) in [5.41, 5.74) is 0. The van der Waals surface area contributed by atoms with Gasteiger partial charge in [0.1, 0.15) is 0 Å². The van der Waals surface area contributed by atoms with Gasteiger partial charge in [-0.2, -0.15) is 20.5 Å². The zero-order chi connectivity index (χ0) is 16.2. The van der Waals surface area contributed by atoms with Crippen LogP contribution in [0.2, 0.25) is 0 Å². The smallest absolute Gasteiger partial charge is 0.753 e. The first-order valence-corrected chi connectivity index (χ1v) is 6.58. The number of aromatic nitrogens is 5. The Balaban J connectivity index is 0.000000610. The number of thiocarbonyl (C=S) groups is 2. The van der Waals surface area contributed by atoms with Crippen molar-refractivity contribution in [3.05, 3.63) is 65.9 Å². The molecule has 0 aliphatic carbocycles. The van der Waals surface area contributed by atoms with E-state index in [9.17, 15) is 0 Å². The molecule has 3 heterocycles. The fourth-order valence-corrected chi connectivity index (χ4v) is 1.48. The molecule has 3 aromatic heterocycles. The van der Waals surface area contributed by atoms with Crippen molar-refractivity contribution in [3.8, 4) is 11.6 Å². The normalized spacial score (nSPS) is 8.00. The van der Waals surface area contributed by atoms with Gasteiger partial charge in [0.2, 0.25) is 0 Å². The van der Waals surface area contributed by atoms with E-state index >= 15 is 0 Å². The summed E-state index contributed by atoms with van der Waals surface area (Å²) in [6.07, 6.45) is 7.16. The van der Waals surface area contributed by atoms with Crippen molar-refractivity contribution in [1.29, 1.82) is 0 Å². The molecule has 119 valence electrons. The molecule has 0 unspecified atom stereocenters. The molecule has 0 N–H and O–H groups in total. The molecule has 10 heteroatoms. The number of pyridine rings is 1. The van der Waals surface area contributed by atoms with Crippen LogP contribution in [0.25, 0.3) is 22.5 Å². The van der Waals surface area contributed by atoms with Crippen molar-refractivity contribution < 1.29 is 17.1 Å². The van der Waals surface area contributed by atoms with Gasteiger partial charge in [0.05, 0.1) is 0 Å². The van der Waals surface area contributed by atoms with Gasteiger partial charge in [0.15, 0.2) is 11.6 Å². The number of rotatable bonds is 2. The molecule has 1 radical (unpaired) electrons. The predicted octanol–water partition coefficient (Wildman–Crippen LogP) is 2.77. The minimum atomic E-state index is 0. The summed E-state index contributed by atoms with van der Waals surface area (Å²) in [7, 11) is 0. The SMILES string of the molecule is [Cu+2].[N-]=C=S.[N-]=C=S.c1cc(-n2cccn2)nc(-n2cccn2)c1. The van der Waals surface area contributed by atoms with Crippen LogP contribution in [0.15, 0.2) is 55.1 Å². The second kappa shape index (κ2) is 12.3.